The van der Waals surface area contributed by atoms with E-state index in [1.807, 2.05) is 12.1 Å². The molecule has 1 aromatic rings. The lowest BCUT2D eigenvalue weighted by Crippen LogP contribution is -2.47. The maximum absolute atomic E-state index is 12.3. The van der Waals surface area contributed by atoms with Gasteiger partial charge in [-0.3, -0.25) is 9.69 Å². The number of carbonyl (C=O) groups excluding carboxylic acids is 1. The van der Waals surface area contributed by atoms with Crippen molar-refractivity contribution in [3.05, 3.63) is 18.3 Å². The monoisotopic (exact) mass is 306 g/mol. The van der Waals surface area contributed by atoms with Gasteiger partial charge in [0.05, 0.1) is 18.5 Å². The van der Waals surface area contributed by atoms with Crippen LogP contribution in [0.15, 0.2) is 18.3 Å². The molecule has 0 aromatic carbocycles. The van der Waals surface area contributed by atoms with E-state index in [4.69, 9.17) is 4.74 Å². The van der Waals surface area contributed by atoms with Crippen LogP contribution in [0.2, 0.25) is 0 Å². The lowest BCUT2D eigenvalue weighted by molar-refractivity contribution is -0.132. The van der Waals surface area contributed by atoms with Crippen molar-refractivity contribution in [1.82, 2.24) is 9.88 Å². The fourth-order valence-electron chi connectivity index (χ4n) is 2.57. The summed E-state index contributed by atoms with van der Waals surface area (Å²) in [5.74, 6) is 0.824. The molecule has 0 unspecified atom stereocenters. The number of morpholine rings is 1. The number of anilines is 2. The van der Waals surface area contributed by atoms with Crippen molar-refractivity contribution in [2.45, 2.75) is 26.9 Å². The number of nitrogens with one attached hydrogen (secondary N) is 1. The van der Waals surface area contributed by atoms with Crippen molar-refractivity contribution < 1.29 is 9.53 Å². The third-order valence-electron chi connectivity index (χ3n) is 3.99. The number of amides is 1. The molecule has 2 heterocycles. The first-order chi connectivity index (χ1) is 10.7. The number of aromatic nitrogens is 1. The Labute approximate surface area is 132 Å². The van der Waals surface area contributed by atoms with Crippen LogP contribution in [0.1, 0.15) is 20.8 Å². The number of nitrogens with zero attached hydrogens (tertiary/aromatic N) is 3. The third kappa shape index (κ3) is 4.18. The van der Waals surface area contributed by atoms with E-state index in [0.717, 1.165) is 32.0 Å². The molecule has 1 N–H and O–H groups in total. The number of ether oxygens (including phenoxy) is 1. The molecule has 1 fully saturated rings. The Balaban J connectivity index is 1.94. The lowest BCUT2D eigenvalue weighted by atomic mass is 10.2. The van der Waals surface area contributed by atoms with Gasteiger partial charge >= 0.3 is 0 Å². The zero-order valence-corrected chi connectivity index (χ0v) is 13.7. The zero-order chi connectivity index (χ0) is 15.9. The maximum Gasteiger partial charge on any atom is 0.254 e. The second-order valence-corrected chi connectivity index (χ2v) is 5.32. The molecular formula is C16H26N4O2. The first kappa shape index (κ1) is 16.7. The van der Waals surface area contributed by atoms with Crippen molar-refractivity contribution in [3.8, 4) is 0 Å². The molecule has 1 atom stereocenters. The van der Waals surface area contributed by atoms with E-state index in [0.29, 0.717) is 18.8 Å². The van der Waals surface area contributed by atoms with Crippen molar-refractivity contribution in [2.75, 3.05) is 49.5 Å². The van der Waals surface area contributed by atoms with Gasteiger partial charge in [-0.25, -0.2) is 4.98 Å². The van der Waals surface area contributed by atoms with Gasteiger partial charge in [-0.15, -0.1) is 0 Å². The van der Waals surface area contributed by atoms with E-state index < -0.39 is 6.10 Å². The molecule has 1 amide bonds. The summed E-state index contributed by atoms with van der Waals surface area (Å²) in [6, 6.07) is 3.82. The third-order valence-corrected chi connectivity index (χ3v) is 3.99. The molecule has 1 aromatic heterocycles. The van der Waals surface area contributed by atoms with Gasteiger partial charge in [-0.1, -0.05) is 6.92 Å². The Kier molecular flexibility index (Phi) is 6.15. The summed E-state index contributed by atoms with van der Waals surface area (Å²) >= 11 is 0. The first-order valence-electron chi connectivity index (χ1n) is 8.03. The predicted octanol–water partition coefficient (Wildman–Crippen LogP) is 1.59. The normalized spacial score (nSPS) is 19.0. The highest BCUT2D eigenvalue weighted by atomic mass is 16.5. The van der Waals surface area contributed by atoms with Gasteiger partial charge in [0.2, 0.25) is 0 Å². The number of hydrogen-bond donors (Lipinski definition) is 1. The molecule has 0 radical (unpaired) electrons. The number of hydrogen-bond acceptors (Lipinski definition) is 5. The number of rotatable bonds is 6. The zero-order valence-electron chi connectivity index (χ0n) is 13.7. The van der Waals surface area contributed by atoms with E-state index in [2.05, 4.69) is 40.9 Å². The highest BCUT2D eigenvalue weighted by Gasteiger charge is 2.25. The minimum absolute atomic E-state index is 0.101. The van der Waals surface area contributed by atoms with Crippen molar-refractivity contribution in [2.24, 2.45) is 0 Å². The average molecular weight is 306 g/mol. The van der Waals surface area contributed by atoms with Crippen molar-refractivity contribution in [3.63, 3.8) is 0 Å². The number of likely N-dealkylation sites (N-methyl/N-ethyl adjacent to an activating group) is 1. The summed E-state index contributed by atoms with van der Waals surface area (Å²) in [4.78, 5) is 21.0. The van der Waals surface area contributed by atoms with E-state index in [1.165, 1.54) is 0 Å². The highest BCUT2D eigenvalue weighted by Crippen LogP contribution is 2.15. The molecule has 0 aliphatic carbocycles. The molecule has 22 heavy (non-hydrogen) atoms. The quantitative estimate of drug-likeness (QED) is 0.865. The summed E-state index contributed by atoms with van der Waals surface area (Å²) in [5.41, 5.74) is 0.707. The minimum atomic E-state index is -0.406. The van der Waals surface area contributed by atoms with E-state index in [-0.39, 0.29) is 5.91 Å². The van der Waals surface area contributed by atoms with Gasteiger partial charge in [0.1, 0.15) is 11.9 Å². The van der Waals surface area contributed by atoms with Gasteiger partial charge < -0.3 is 15.0 Å². The second-order valence-electron chi connectivity index (χ2n) is 5.32. The van der Waals surface area contributed by atoms with Gasteiger partial charge in [0.15, 0.2) is 0 Å². The van der Waals surface area contributed by atoms with E-state index in [9.17, 15) is 4.79 Å². The largest absolute Gasteiger partial charge is 0.366 e. The standard InChI is InChI=1S/C16H26N4O2/c1-4-19-9-10-22-14(12-19)16(21)18-13-7-8-15(17-11-13)20(5-2)6-3/h7-8,11,14H,4-6,9-10,12H2,1-3H3,(H,18,21)/t14-/m0/s1. The first-order valence-corrected chi connectivity index (χ1v) is 8.03. The SMILES string of the molecule is CCN1CCO[C@H](C(=O)Nc2ccc(N(CC)CC)nc2)C1. The van der Waals surface area contributed by atoms with Gasteiger partial charge in [-0.2, -0.15) is 0 Å². The molecular weight excluding hydrogens is 280 g/mol. The maximum atomic E-state index is 12.3. The molecule has 0 bridgehead atoms. The minimum Gasteiger partial charge on any atom is -0.366 e. The van der Waals surface area contributed by atoms with Gasteiger partial charge in [-0.05, 0) is 32.5 Å². The Bertz CT molecular complexity index is 474. The Morgan fingerprint density at radius 1 is 1.41 bits per heavy atom. The molecule has 0 spiro atoms. The summed E-state index contributed by atoms with van der Waals surface area (Å²) < 4.78 is 5.56. The van der Waals surface area contributed by atoms with Crippen LogP contribution in [0.3, 0.4) is 0 Å². The van der Waals surface area contributed by atoms with E-state index >= 15 is 0 Å². The molecule has 1 aliphatic rings. The van der Waals surface area contributed by atoms with Crippen LogP contribution >= 0.6 is 0 Å². The Morgan fingerprint density at radius 3 is 2.77 bits per heavy atom. The summed E-state index contributed by atoms with van der Waals surface area (Å²) in [7, 11) is 0. The highest BCUT2D eigenvalue weighted by molar-refractivity contribution is 5.94. The summed E-state index contributed by atoms with van der Waals surface area (Å²) in [5, 5.41) is 2.89. The van der Waals surface area contributed by atoms with Crippen LogP contribution in [0, 0.1) is 0 Å². The lowest BCUT2D eigenvalue weighted by Gasteiger charge is -2.31. The molecule has 6 nitrogen and oxygen atoms in total. The van der Waals surface area contributed by atoms with Crippen molar-refractivity contribution >= 4 is 17.4 Å². The van der Waals surface area contributed by atoms with Crippen LogP contribution in [-0.2, 0) is 9.53 Å². The molecule has 1 saturated heterocycles. The van der Waals surface area contributed by atoms with Crippen LogP contribution < -0.4 is 10.2 Å². The van der Waals surface area contributed by atoms with Crippen LogP contribution in [-0.4, -0.2) is 61.2 Å². The molecule has 1 aliphatic heterocycles. The average Bonchev–Trinajstić information content (AvgIpc) is 2.57. The van der Waals surface area contributed by atoms with E-state index in [1.54, 1.807) is 6.20 Å². The van der Waals surface area contributed by atoms with Crippen molar-refractivity contribution in [1.29, 1.82) is 0 Å². The second kappa shape index (κ2) is 8.10. The summed E-state index contributed by atoms with van der Waals surface area (Å²) in [6.45, 7) is 11.2. The molecule has 2 rings (SSSR count). The molecule has 0 saturated carbocycles. The van der Waals surface area contributed by atoms with Crippen LogP contribution in [0.5, 0.6) is 0 Å². The predicted molar refractivity (Wildman–Crippen MR) is 88.3 cm³/mol. The molecule has 122 valence electrons. The Morgan fingerprint density at radius 2 is 2.18 bits per heavy atom. The number of carbonyl (C=O) groups is 1. The van der Waals surface area contributed by atoms with Gasteiger partial charge in [0, 0.05) is 26.2 Å². The smallest absolute Gasteiger partial charge is 0.254 e. The summed E-state index contributed by atoms with van der Waals surface area (Å²) in [6.07, 6.45) is 1.29. The fourth-order valence-corrected chi connectivity index (χ4v) is 2.57. The number of pyridine rings is 1. The van der Waals surface area contributed by atoms with Gasteiger partial charge in [0.25, 0.3) is 5.91 Å². The van der Waals surface area contributed by atoms with Crippen LogP contribution in [0.25, 0.3) is 0 Å². The Hall–Kier alpha value is -1.66. The fraction of sp³-hybridized carbons (Fsp3) is 0.625. The topological polar surface area (TPSA) is 57.7 Å². The van der Waals surface area contributed by atoms with Crippen LogP contribution in [0.4, 0.5) is 11.5 Å². The molecule has 6 heteroatoms.